The number of halogens is 1. The molecule has 2 amide bonds. The first-order valence-electron chi connectivity index (χ1n) is 11.6. The maximum absolute atomic E-state index is 12.9. The zero-order chi connectivity index (χ0) is 28.3. The number of nitrogens with zero attached hydrogens (tertiary/aromatic N) is 1. The molecule has 1 heterocycles. The SMILES string of the molecule is CS(=O)(=O)n1cc(CC(NC(=O)c2ccc(C(=O)NCc3cccc(O)c3)cc2Cl)C(=O)O)c2ccccc21. The minimum Gasteiger partial charge on any atom is -0.508 e. The highest BCUT2D eigenvalue weighted by Gasteiger charge is 2.25. The van der Waals surface area contributed by atoms with Crippen molar-refractivity contribution in [2.75, 3.05) is 6.26 Å². The molecule has 4 aromatic rings. The van der Waals surface area contributed by atoms with E-state index in [2.05, 4.69) is 10.6 Å². The largest absolute Gasteiger partial charge is 0.508 e. The van der Waals surface area contributed by atoms with Crippen molar-refractivity contribution in [1.82, 2.24) is 14.6 Å². The highest BCUT2D eigenvalue weighted by Crippen LogP contribution is 2.25. The number of benzene rings is 3. The van der Waals surface area contributed by atoms with Crippen molar-refractivity contribution in [2.45, 2.75) is 19.0 Å². The standard InChI is InChI=1S/C27H24ClN3O7S/c1-39(37,38)31-15-18(20-7-2-3-8-24(20)31)13-23(27(35)36)30-26(34)21-10-9-17(12-22(21)28)25(33)29-14-16-5-4-6-19(32)11-16/h2-12,15,23,32H,13-14H2,1H3,(H,29,33)(H,30,34)(H,35,36). The Morgan fingerprint density at radius 3 is 2.41 bits per heavy atom. The molecular weight excluding hydrogens is 546 g/mol. The predicted octanol–water partition coefficient (Wildman–Crippen LogP) is 3.16. The third-order valence-electron chi connectivity index (χ3n) is 5.98. The summed E-state index contributed by atoms with van der Waals surface area (Å²) in [5.74, 6) is -2.48. The second-order valence-corrected chi connectivity index (χ2v) is 11.1. The summed E-state index contributed by atoms with van der Waals surface area (Å²) in [6.07, 6.45) is 2.20. The number of nitrogens with one attached hydrogen (secondary N) is 2. The molecule has 0 bridgehead atoms. The van der Waals surface area contributed by atoms with Crippen LogP contribution in [0, 0.1) is 0 Å². The number of aliphatic carboxylic acids is 1. The summed E-state index contributed by atoms with van der Waals surface area (Å²) >= 11 is 6.27. The number of phenols is 1. The van der Waals surface area contributed by atoms with E-state index in [1.54, 1.807) is 36.4 Å². The van der Waals surface area contributed by atoms with Gasteiger partial charge in [0.15, 0.2) is 0 Å². The van der Waals surface area contributed by atoms with Crippen LogP contribution >= 0.6 is 11.6 Å². The van der Waals surface area contributed by atoms with E-state index in [1.165, 1.54) is 36.5 Å². The van der Waals surface area contributed by atoms with Crippen LogP contribution in [0.15, 0.2) is 72.9 Å². The molecule has 4 rings (SSSR count). The highest BCUT2D eigenvalue weighted by molar-refractivity contribution is 7.89. The average molecular weight is 570 g/mol. The lowest BCUT2D eigenvalue weighted by Crippen LogP contribution is -2.42. The van der Waals surface area contributed by atoms with Crippen molar-refractivity contribution in [2.24, 2.45) is 0 Å². The molecule has 0 aliphatic carbocycles. The Balaban J connectivity index is 1.49. The number of phenolic OH excluding ortho intramolecular Hbond substituents is 1. The molecule has 0 saturated carbocycles. The number of carboxylic acid groups (broad SMARTS) is 1. The van der Waals surface area contributed by atoms with Gasteiger partial charge in [0.2, 0.25) is 10.0 Å². The quantitative estimate of drug-likeness (QED) is 0.241. The number of aromatic nitrogens is 1. The number of aromatic hydroxyl groups is 1. The Hall–Kier alpha value is -4.35. The van der Waals surface area contributed by atoms with Crippen molar-refractivity contribution < 1.29 is 33.0 Å². The molecule has 39 heavy (non-hydrogen) atoms. The number of rotatable bonds is 9. The smallest absolute Gasteiger partial charge is 0.326 e. The van der Waals surface area contributed by atoms with Gasteiger partial charge in [0.25, 0.3) is 11.8 Å². The normalized spacial score (nSPS) is 12.2. The summed E-state index contributed by atoms with van der Waals surface area (Å²) < 4.78 is 25.5. The molecule has 1 unspecified atom stereocenters. The number of hydrogen-bond acceptors (Lipinski definition) is 6. The van der Waals surface area contributed by atoms with E-state index in [9.17, 15) is 33.0 Å². The molecule has 12 heteroatoms. The van der Waals surface area contributed by atoms with E-state index in [-0.39, 0.29) is 34.9 Å². The molecule has 0 fully saturated rings. The van der Waals surface area contributed by atoms with Crippen LogP contribution in [0.3, 0.4) is 0 Å². The Morgan fingerprint density at radius 1 is 1.00 bits per heavy atom. The Labute approximate surface area is 228 Å². The molecule has 1 atom stereocenters. The van der Waals surface area contributed by atoms with Gasteiger partial charge in [-0.1, -0.05) is 41.9 Å². The second-order valence-electron chi connectivity index (χ2n) is 8.85. The molecule has 0 saturated heterocycles. The van der Waals surface area contributed by atoms with Crippen LogP contribution in [0.1, 0.15) is 31.8 Å². The fraction of sp³-hybridized carbons (Fsp3) is 0.148. The summed E-state index contributed by atoms with van der Waals surface area (Å²) in [6, 6.07) is 15.7. The van der Waals surface area contributed by atoms with E-state index in [4.69, 9.17) is 11.6 Å². The summed E-state index contributed by atoms with van der Waals surface area (Å²) in [6.45, 7) is 0.156. The van der Waals surface area contributed by atoms with Crippen LogP contribution in [0.25, 0.3) is 10.9 Å². The van der Waals surface area contributed by atoms with E-state index in [0.717, 1.165) is 10.2 Å². The topological polar surface area (TPSA) is 155 Å². The fourth-order valence-electron chi connectivity index (χ4n) is 4.10. The van der Waals surface area contributed by atoms with Crippen molar-refractivity contribution in [1.29, 1.82) is 0 Å². The minimum absolute atomic E-state index is 0.0361. The number of hydrogen-bond donors (Lipinski definition) is 4. The number of fused-ring (bicyclic) bond motifs is 1. The van der Waals surface area contributed by atoms with Crippen molar-refractivity contribution >= 4 is 50.3 Å². The van der Waals surface area contributed by atoms with Gasteiger partial charge >= 0.3 is 5.97 Å². The Kier molecular flexibility index (Phi) is 7.93. The maximum Gasteiger partial charge on any atom is 0.326 e. The van der Waals surface area contributed by atoms with Crippen LogP contribution in [-0.4, -0.2) is 52.7 Å². The molecule has 0 spiro atoms. The van der Waals surface area contributed by atoms with Gasteiger partial charge in [-0.15, -0.1) is 0 Å². The highest BCUT2D eigenvalue weighted by atomic mass is 35.5. The van der Waals surface area contributed by atoms with Gasteiger partial charge in [0, 0.05) is 30.1 Å². The van der Waals surface area contributed by atoms with Crippen LogP contribution in [-0.2, 0) is 27.8 Å². The lowest BCUT2D eigenvalue weighted by atomic mass is 10.0. The number of carbonyl (C=O) groups excluding carboxylic acids is 2. The van der Waals surface area contributed by atoms with Gasteiger partial charge in [-0.2, -0.15) is 0 Å². The first-order chi connectivity index (χ1) is 18.4. The van der Waals surface area contributed by atoms with Gasteiger partial charge in [0.05, 0.1) is 22.4 Å². The summed E-state index contributed by atoms with van der Waals surface area (Å²) in [7, 11) is -3.65. The monoisotopic (exact) mass is 569 g/mol. The summed E-state index contributed by atoms with van der Waals surface area (Å²) in [4.78, 5) is 37.5. The van der Waals surface area contributed by atoms with Gasteiger partial charge in [-0.25, -0.2) is 17.2 Å². The van der Waals surface area contributed by atoms with Gasteiger partial charge in [0.1, 0.15) is 11.8 Å². The average Bonchev–Trinajstić information content (AvgIpc) is 3.26. The predicted molar refractivity (Wildman–Crippen MR) is 146 cm³/mol. The third-order valence-corrected chi connectivity index (χ3v) is 7.31. The molecule has 3 aromatic carbocycles. The van der Waals surface area contributed by atoms with Gasteiger partial charge < -0.3 is 20.8 Å². The number of carbonyl (C=O) groups is 3. The Bertz CT molecular complexity index is 1700. The van der Waals surface area contributed by atoms with Crippen LogP contribution < -0.4 is 10.6 Å². The van der Waals surface area contributed by atoms with Gasteiger partial charge in [-0.05, 0) is 47.5 Å². The van der Waals surface area contributed by atoms with Crippen molar-refractivity contribution in [3.63, 3.8) is 0 Å². The molecule has 0 aliphatic rings. The maximum atomic E-state index is 12.9. The molecule has 10 nitrogen and oxygen atoms in total. The third kappa shape index (κ3) is 6.39. The number of carboxylic acids is 1. The van der Waals surface area contributed by atoms with Gasteiger partial charge in [-0.3, -0.25) is 9.59 Å². The van der Waals surface area contributed by atoms with Crippen LogP contribution in [0.4, 0.5) is 0 Å². The van der Waals surface area contributed by atoms with E-state index in [1.807, 2.05) is 0 Å². The molecular formula is C27H24ClN3O7S. The second kappa shape index (κ2) is 11.2. The molecule has 4 N–H and O–H groups in total. The molecule has 202 valence electrons. The Morgan fingerprint density at radius 2 is 1.74 bits per heavy atom. The fourth-order valence-corrected chi connectivity index (χ4v) is 5.20. The lowest BCUT2D eigenvalue weighted by molar-refractivity contribution is -0.139. The first-order valence-corrected chi connectivity index (χ1v) is 13.9. The van der Waals surface area contributed by atoms with E-state index in [0.29, 0.717) is 22.0 Å². The zero-order valence-corrected chi connectivity index (χ0v) is 22.2. The molecule has 0 aliphatic heterocycles. The zero-order valence-electron chi connectivity index (χ0n) is 20.6. The lowest BCUT2D eigenvalue weighted by Gasteiger charge is -2.15. The number of amides is 2. The van der Waals surface area contributed by atoms with Crippen LogP contribution in [0.2, 0.25) is 5.02 Å². The van der Waals surface area contributed by atoms with E-state index >= 15 is 0 Å². The molecule has 0 radical (unpaired) electrons. The first kappa shape index (κ1) is 27.7. The number of para-hydroxylation sites is 1. The van der Waals surface area contributed by atoms with Crippen molar-refractivity contribution in [3.8, 4) is 5.75 Å². The summed E-state index contributed by atoms with van der Waals surface area (Å²) in [5, 5.41) is 24.9. The van der Waals surface area contributed by atoms with Crippen molar-refractivity contribution in [3.05, 3.63) is 100 Å². The van der Waals surface area contributed by atoms with Crippen LogP contribution in [0.5, 0.6) is 5.75 Å². The minimum atomic E-state index is -3.65. The van der Waals surface area contributed by atoms with E-state index < -0.39 is 33.8 Å². The molecule has 1 aromatic heterocycles. The summed E-state index contributed by atoms with van der Waals surface area (Å²) in [5.41, 5.74) is 1.65.